The second kappa shape index (κ2) is 7.44. The van der Waals surface area contributed by atoms with Crippen molar-refractivity contribution in [1.29, 1.82) is 0 Å². The van der Waals surface area contributed by atoms with Crippen molar-refractivity contribution >= 4 is 38.0 Å². The Labute approximate surface area is 133 Å². The van der Waals surface area contributed by atoms with E-state index in [9.17, 15) is 12.6 Å². The third kappa shape index (κ3) is 5.14. The van der Waals surface area contributed by atoms with Gasteiger partial charge in [-0.2, -0.15) is 0 Å². The van der Waals surface area contributed by atoms with E-state index in [1.54, 1.807) is 25.3 Å². The highest BCUT2D eigenvalue weighted by molar-refractivity contribution is 7.89. The molecule has 2 atom stereocenters. The van der Waals surface area contributed by atoms with Gasteiger partial charge in [0.15, 0.2) is 0 Å². The first-order valence-corrected chi connectivity index (χ1v) is 9.88. The summed E-state index contributed by atoms with van der Waals surface area (Å²) >= 11 is 4.87. The third-order valence-corrected chi connectivity index (χ3v) is 6.38. The molecule has 118 valence electrons. The number of nitrogens with one attached hydrogen (secondary N) is 1. The molecular weight excluding hydrogens is 328 g/mol. The summed E-state index contributed by atoms with van der Waals surface area (Å²) in [4.78, 5) is 0.432. The van der Waals surface area contributed by atoms with Gasteiger partial charge in [-0.3, -0.25) is 4.21 Å². The van der Waals surface area contributed by atoms with Gasteiger partial charge in [0.1, 0.15) is 4.99 Å². The fourth-order valence-corrected chi connectivity index (χ4v) is 3.59. The summed E-state index contributed by atoms with van der Waals surface area (Å²) in [7, 11) is -4.55. The van der Waals surface area contributed by atoms with Crippen LogP contribution in [0.2, 0.25) is 0 Å². The number of thiocarbonyl (C=S) groups is 1. The van der Waals surface area contributed by atoms with E-state index in [1.807, 2.05) is 6.92 Å². The minimum Gasteiger partial charge on any atom is -0.389 e. The van der Waals surface area contributed by atoms with Crippen molar-refractivity contribution in [3.63, 3.8) is 0 Å². The molecule has 2 unspecified atom stereocenters. The zero-order valence-electron chi connectivity index (χ0n) is 12.3. The average molecular weight is 349 g/mol. The molecule has 3 N–H and O–H groups in total. The second-order valence-corrected chi connectivity index (χ2v) is 8.82. The van der Waals surface area contributed by atoms with Gasteiger partial charge in [-0.05, 0) is 31.0 Å². The lowest BCUT2D eigenvalue weighted by Gasteiger charge is -2.12. The van der Waals surface area contributed by atoms with Gasteiger partial charge < -0.3 is 5.73 Å². The minimum absolute atomic E-state index is 0.0502. The van der Waals surface area contributed by atoms with Crippen LogP contribution in [0.3, 0.4) is 0 Å². The molecule has 0 amide bonds. The fourth-order valence-electron chi connectivity index (χ4n) is 1.74. The van der Waals surface area contributed by atoms with Crippen LogP contribution >= 0.6 is 12.2 Å². The van der Waals surface area contributed by atoms with Gasteiger partial charge in [-0.1, -0.05) is 25.2 Å². The summed E-state index contributed by atoms with van der Waals surface area (Å²) in [6.45, 7) is 3.77. The van der Waals surface area contributed by atoms with E-state index in [0.717, 1.165) is 0 Å². The van der Waals surface area contributed by atoms with Gasteiger partial charge in [0, 0.05) is 34.4 Å². The van der Waals surface area contributed by atoms with Crippen molar-refractivity contribution in [2.24, 2.45) is 5.73 Å². The molecule has 0 bridgehead atoms. The summed E-state index contributed by atoms with van der Waals surface area (Å²) in [6, 6.07) is 4.74. The third-order valence-electron chi connectivity index (χ3n) is 3.16. The van der Waals surface area contributed by atoms with E-state index in [0.29, 0.717) is 17.5 Å². The Morgan fingerprint density at radius 2 is 2.10 bits per heavy atom. The van der Waals surface area contributed by atoms with Crippen LogP contribution in [0.5, 0.6) is 0 Å². The molecule has 5 nitrogen and oxygen atoms in total. The topological polar surface area (TPSA) is 89.3 Å². The molecular formula is C13H20N2O3S3. The molecule has 0 aliphatic rings. The molecule has 0 saturated carbocycles. The van der Waals surface area contributed by atoms with E-state index in [4.69, 9.17) is 18.0 Å². The number of benzene rings is 1. The zero-order valence-corrected chi connectivity index (χ0v) is 14.7. The number of nitrogens with two attached hydrogens (primary N) is 1. The monoisotopic (exact) mass is 348 g/mol. The smallest absolute Gasteiger partial charge is 0.240 e. The minimum atomic E-state index is -3.59. The quantitative estimate of drug-likeness (QED) is 0.719. The van der Waals surface area contributed by atoms with Crippen molar-refractivity contribution in [2.45, 2.75) is 30.4 Å². The van der Waals surface area contributed by atoms with Gasteiger partial charge in [0.25, 0.3) is 0 Å². The van der Waals surface area contributed by atoms with Gasteiger partial charge >= 0.3 is 0 Å². The number of sulfonamides is 1. The highest BCUT2D eigenvalue weighted by atomic mass is 32.2. The van der Waals surface area contributed by atoms with Gasteiger partial charge in [-0.15, -0.1) is 0 Å². The van der Waals surface area contributed by atoms with Crippen LogP contribution in [0.25, 0.3) is 0 Å². The Balaban J connectivity index is 2.84. The van der Waals surface area contributed by atoms with E-state index in [1.165, 1.54) is 6.07 Å². The predicted molar refractivity (Wildman–Crippen MR) is 90.4 cm³/mol. The highest BCUT2D eigenvalue weighted by Gasteiger charge is 2.17. The highest BCUT2D eigenvalue weighted by Crippen LogP contribution is 2.17. The number of hydrogen-bond acceptors (Lipinski definition) is 4. The molecule has 1 aromatic rings. The summed E-state index contributed by atoms with van der Waals surface area (Å²) in [5.74, 6) is 0. The van der Waals surface area contributed by atoms with Crippen molar-refractivity contribution in [3.8, 4) is 0 Å². The van der Waals surface area contributed by atoms with Crippen LogP contribution in [0.15, 0.2) is 23.1 Å². The lowest BCUT2D eigenvalue weighted by molar-refractivity contribution is 0.577. The summed E-state index contributed by atoms with van der Waals surface area (Å²) in [5, 5.41) is -0.0502. The van der Waals surface area contributed by atoms with Crippen LogP contribution in [0, 0.1) is 6.92 Å². The van der Waals surface area contributed by atoms with Crippen LogP contribution in [0.4, 0.5) is 0 Å². The maximum Gasteiger partial charge on any atom is 0.240 e. The largest absolute Gasteiger partial charge is 0.389 e. The predicted octanol–water partition coefficient (Wildman–Crippen LogP) is 1.06. The molecule has 0 aromatic heterocycles. The SMILES string of the molecule is Cc1cc(C(N)=S)ccc1S(=O)(=O)NCCC(C)S(C)=O. The van der Waals surface area contributed by atoms with Crippen molar-refractivity contribution in [2.75, 3.05) is 12.8 Å². The Hall–Kier alpha value is -0.830. The molecule has 0 aliphatic carbocycles. The molecule has 0 aliphatic heterocycles. The number of hydrogen-bond donors (Lipinski definition) is 2. The average Bonchev–Trinajstić information content (AvgIpc) is 2.37. The van der Waals surface area contributed by atoms with Gasteiger partial charge in [0.05, 0.1) is 4.90 Å². The molecule has 21 heavy (non-hydrogen) atoms. The normalized spacial score (nSPS) is 14.6. The molecule has 0 fully saturated rings. The van der Waals surface area contributed by atoms with E-state index in [-0.39, 0.29) is 21.7 Å². The van der Waals surface area contributed by atoms with Crippen molar-refractivity contribution in [1.82, 2.24) is 4.72 Å². The van der Waals surface area contributed by atoms with Crippen molar-refractivity contribution in [3.05, 3.63) is 29.3 Å². The maximum atomic E-state index is 12.2. The number of rotatable bonds is 7. The lowest BCUT2D eigenvalue weighted by atomic mass is 10.1. The van der Waals surface area contributed by atoms with Crippen LogP contribution in [0.1, 0.15) is 24.5 Å². The number of aryl methyl sites for hydroxylation is 1. The van der Waals surface area contributed by atoms with E-state index in [2.05, 4.69) is 4.72 Å². The molecule has 0 radical (unpaired) electrons. The van der Waals surface area contributed by atoms with Crippen LogP contribution in [-0.4, -0.2) is 35.7 Å². The second-order valence-electron chi connectivity index (χ2n) is 4.84. The van der Waals surface area contributed by atoms with E-state index < -0.39 is 20.8 Å². The first-order valence-electron chi connectivity index (χ1n) is 6.37. The Bertz CT molecular complexity index is 657. The fraction of sp³-hybridized carbons (Fsp3) is 0.462. The summed E-state index contributed by atoms with van der Waals surface area (Å²) in [5.41, 5.74) is 6.74. The molecule has 1 rings (SSSR count). The summed E-state index contributed by atoms with van der Waals surface area (Å²) < 4.78 is 38.2. The zero-order chi connectivity index (χ0) is 16.2. The molecule has 0 saturated heterocycles. The first-order chi connectivity index (χ1) is 9.65. The van der Waals surface area contributed by atoms with Crippen LogP contribution < -0.4 is 10.5 Å². The lowest BCUT2D eigenvalue weighted by Crippen LogP contribution is -2.28. The van der Waals surface area contributed by atoms with E-state index >= 15 is 0 Å². The molecule has 8 heteroatoms. The Morgan fingerprint density at radius 1 is 1.48 bits per heavy atom. The van der Waals surface area contributed by atoms with Crippen LogP contribution in [-0.2, 0) is 20.8 Å². The molecule has 0 heterocycles. The Morgan fingerprint density at radius 3 is 2.57 bits per heavy atom. The van der Waals surface area contributed by atoms with Gasteiger partial charge in [0.2, 0.25) is 10.0 Å². The first kappa shape index (κ1) is 18.2. The summed E-state index contributed by atoms with van der Waals surface area (Å²) in [6.07, 6.45) is 2.13. The van der Waals surface area contributed by atoms with Gasteiger partial charge in [-0.25, -0.2) is 13.1 Å². The molecule has 0 spiro atoms. The Kier molecular flexibility index (Phi) is 6.45. The van der Waals surface area contributed by atoms with Crippen molar-refractivity contribution < 1.29 is 12.6 Å². The molecule has 1 aromatic carbocycles. The standard InChI is InChI=1S/C13H20N2O3S3/c1-9-8-11(13(14)19)4-5-12(9)21(17,18)15-7-6-10(2)20(3)16/h4-5,8,10,15H,6-7H2,1-3H3,(H2,14,19). The maximum absolute atomic E-state index is 12.2.